The van der Waals surface area contributed by atoms with Gasteiger partial charge in [-0.15, -0.1) is 0 Å². The molecule has 3 rings (SSSR count). The van der Waals surface area contributed by atoms with Gasteiger partial charge < -0.3 is 9.47 Å². The van der Waals surface area contributed by atoms with Crippen LogP contribution in [0, 0.1) is 0 Å². The van der Waals surface area contributed by atoms with Gasteiger partial charge in [0.25, 0.3) is 5.56 Å². The maximum atomic E-state index is 13.0. The zero-order valence-corrected chi connectivity index (χ0v) is 17.6. The molecule has 0 radical (unpaired) electrons. The van der Waals surface area contributed by atoms with Crippen molar-refractivity contribution in [2.75, 3.05) is 26.1 Å². The number of methoxy groups -OCH3 is 1. The molecule has 0 saturated carbocycles. The Balaban J connectivity index is 1.87. The highest BCUT2D eigenvalue weighted by molar-refractivity contribution is 7.99. The molecule has 0 N–H and O–H groups in total. The summed E-state index contributed by atoms with van der Waals surface area (Å²) in [5.74, 6) is 0.875. The molecular weight excluding hydrogens is 388 g/mol. The van der Waals surface area contributed by atoms with Crippen LogP contribution in [0.4, 0.5) is 0 Å². The van der Waals surface area contributed by atoms with Gasteiger partial charge in [-0.05, 0) is 50.2 Å². The van der Waals surface area contributed by atoms with E-state index in [0.29, 0.717) is 34.8 Å². The van der Waals surface area contributed by atoms with E-state index in [9.17, 15) is 9.59 Å². The van der Waals surface area contributed by atoms with Crippen LogP contribution in [0.25, 0.3) is 10.9 Å². The number of ether oxygens (including phenoxy) is 2. The predicted molar refractivity (Wildman–Crippen MR) is 115 cm³/mol. The minimum Gasteiger partial charge on any atom is -0.494 e. The first-order valence-corrected chi connectivity index (χ1v) is 10.4. The van der Waals surface area contributed by atoms with Crippen LogP contribution in [-0.4, -0.2) is 41.4 Å². The molecule has 7 heteroatoms. The molecule has 3 aromatic rings. The second-order valence-electron chi connectivity index (χ2n) is 6.56. The molecular formula is C22H24N2O4S. The molecule has 0 amide bonds. The van der Waals surface area contributed by atoms with Gasteiger partial charge in [0.2, 0.25) is 0 Å². The number of fused-ring (bicyclic) bond motifs is 1. The van der Waals surface area contributed by atoms with Crippen molar-refractivity contribution in [1.82, 2.24) is 9.55 Å². The van der Waals surface area contributed by atoms with E-state index >= 15 is 0 Å². The summed E-state index contributed by atoms with van der Waals surface area (Å²) >= 11 is 1.26. The van der Waals surface area contributed by atoms with E-state index in [1.165, 1.54) is 11.8 Å². The van der Waals surface area contributed by atoms with Gasteiger partial charge >= 0.3 is 0 Å². The fraction of sp³-hybridized carbons (Fsp3) is 0.318. The van der Waals surface area contributed by atoms with Crippen molar-refractivity contribution >= 4 is 28.4 Å². The lowest BCUT2D eigenvalue weighted by Crippen LogP contribution is -2.28. The quantitative estimate of drug-likeness (QED) is 0.301. The molecule has 152 valence electrons. The van der Waals surface area contributed by atoms with Crippen LogP contribution in [0.2, 0.25) is 0 Å². The summed E-state index contributed by atoms with van der Waals surface area (Å²) in [6, 6.07) is 14.1. The number of Topliss-reactive ketones (excluding diaryl/α,β-unsaturated/α-hetero) is 1. The summed E-state index contributed by atoms with van der Waals surface area (Å²) in [4.78, 5) is 30.3. The maximum absolute atomic E-state index is 13.0. The number of rotatable bonds is 9. The van der Waals surface area contributed by atoms with E-state index in [2.05, 4.69) is 4.98 Å². The lowest BCUT2D eigenvalue weighted by Gasteiger charge is -2.18. The molecule has 1 atom stereocenters. The van der Waals surface area contributed by atoms with Gasteiger partial charge in [-0.25, -0.2) is 4.98 Å². The van der Waals surface area contributed by atoms with E-state index in [1.54, 1.807) is 48.1 Å². The normalized spacial score (nSPS) is 12.1. The Morgan fingerprint density at radius 2 is 1.90 bits per heavy atom. The summed E-state index contributed by atoms with van der Waals surface area (Å²) in [6.07, 6.45) is 0. The third-order valence-corrected chi connectivity index (χ3v) is 5.40. The van der Waals surface area contributed by atoms with Crippen molar-refractivity contribution in [3.63, 3.8) is 0 Å². The Morgan fingerprint density at radius 3 is 2.59 bits per heavy atom. The summed E-state index contributed by atoms with van der Waals surface area (Å²) < 4.78 is 12.3. The number of carbonyl (C=O) groups excluding carboxylic acids is 1. The number of hydrogen-bond donors (Lipinski definition) is 0. The number of ketones is 1. The minimum absolute atomic E-state index is 0.0357. The van der Waals surface area contributed by atoms with Crippen LogP contribution in [0.1, 0.15) is 30.2 Å². The third kappa shape index (κ3) is 4.86. The van der Waals surface area contributed by atoms with E-state index < -0.39 is 0 Å². The van der Waals surface area contributed by atoms with Crippen molar-refractivity contribution in [2.24, 2.45) is 0 Å². The lowest BCUT2D eigenvalue weighted by molar-refractivity contribution is 0.102. The number of para-hydroxylation sites is 1. The molecule has 0 aliphatic heterocycles. The third-order valence-electron chi connectivity index (χ3n) is 4.44. The van der Waals surface area contributed by atoms with Crippen molar-refractivity contribution in [2.45, 2.75) is 25.0 Å². The highest BCUT2D eigenvalue weighted by Crippen LogP contribution is 2.23. The zero-order valence-electron chi connectivity index (χ0n) is 16.8. The highest BCUT2D eigenvalue weighted by Gasteiger charge is 2.18. The lowest BCUT2D eigenvalue weighted by atomic mass is 10.1. The van der Waals surface area contributed by atoms with Gasteiger partial charge in [0, 0.05) is 12.7 Å². The summed E-state index contributed by atoms with van der Waals surface area (Å²) in [6.45, 7) is 4.77. The van der Waals surface area contributed by atoms with Crippen LogP contribution in [0.5, 0.6) is 5.75 Å². The first kappa shape index (κ1) is 21.1. The average Bonchev–Trinajstić information content (AvgIpc) is 2.73. The molecule has 2 aromatic carbocycles. The zero-order chi connectivity index (χ0) is 20.8. The Bertz CT molecular complexity index is 1050. The van der Waals surface area contributed by atoms with Crippen molar-refractivity contribution in [3.8, 4) is 5.75 Å². The fourth-order valence-corrected chi connectivity index (χ4v) is 4.04. The van der Waals surface area contributed by atoms with Crippen molar-refractivity contribution in [1.29, 1.82) is 0 Å². The van der Waals surface area contributed by atoms with Gasteiger partial charge in [-0.3, -0.25) is 14.2 Å². The fourth-order valence-electron chi connectivity index (χ4n) is 3.05. The molecule has 1 unspecified atom stereocenters. The van der Waals surface area contributed by atoms with Gasteiger partial charge in [0.15, 0.2) is 10.9 Å². The molecule has 29 heavy (non-hydrogen) atoms. The van der Waals surface area contributed by atoms with E-state index in [0.717, 1.165) is 5.75 Å². The number of aromatic nitrogens is 2. The summed E-state index contributed by atoms with van der Waals surface area (Å²) in [7, 11) is 1.60. The maximum Gasteiger partial charge on any atom is 0.262 e. The van der Waals surface area contributed by atoms with Crippen molar-refractivity contribution < 1.29 is 14.3 Å². The monoisotopic (exact) mass is 412 g/mol. The second-order valence-corrected chi connectivity index (χ2v) is 7.50. The molecule has 0 fully saturated rings. The first-order valence-electron chi connectivity index (χ1n) is 9.44. The molecule has 0 spiro atoms. The standard InChI is InChI=1S/C22H24N2O4S/c1-4-28-17-11-9-16(10-12-17)20(25)14-29-22-23-19-8-6-5-7-18(19)21(26)24(22)15(2)13-27-3/h5-12,15H,4,13-14H2,1-3H3. The van der Waals surface area contributed by atoms with Crippen LogP contribution in [-0.2, 0) is 4.74 Å². The number of benzene rings is 2. The SMILES string of the molecule is CCOc1ccc(C(=O)CSc2nc3ccccc3c(=O)n2C(C)COC)cc1. The molecule has 0 saturated heterocycles. The molecule has 1 aromatic heterocycles. The molecule has 0 aliphatic rings. The van der Waals surface area contributed by atoms with Crippen LogP contribution < -0.4 is 10.3 Å². The van der Waals surface area contributed by atoms with Crippen LogP contribution in [0.15, 0.2) is 58.5 Å². The van der Waals surface area contributed by atoms with Gasteiger partial charge in [-0.1, -0.05) is 23.9 Å². The Kier molecular flexibility index (Phi) is 7.06. The number of carbonyl (C=O) groups is 1. The smallest absolute Gasteiger partial charge is 0.262 e. The minimum atomic E-state index is -0.201. The molecule has 1 heterocycles. The van der Waals surface area contributed by atoms with Crippen LogP contribution >= 0.6 is 11.8 Å². The van der Waals surface area contributed by atoms with E-state index in [1.807, 2.05) is 26.0 Å². The number of thioether (sulfide) groups is 1. The molecule has 0 aliphatic carbocycles. The molecule has 6 nitrogen and oxygen atoms in total. The van der Waals surface area contributed by atoms with E-state index in [-0.39, 0.29) is 23.1 Å². The van der Waals surface area contributed by atoms with Gasteiger partial charge in [0.1, 0.15) is 5.75 Å². The highest BCUT2D eigenvalue weighted by atomic mass is 32.2. The summed E-state index contributed by atoms with van der Waals surface area (Å²) in [5, 5.41) is 1.06. The van der Waals surface area contributed by atoms with Gasteiger partial charge in [0.05, 0.1) is 35.9 Å². The predicted octanol–water partition coefficient (Wildman–Crippen LogP) is 3.98. The van der Waals surface area contributed by atoms with Crippen LogP contribution in [0.3, 0.4) is 0 Å². The first-order chi connectivity index (χ1) is 14.0. The Morgan fingerprint density at radius 1 is 1.17 bits per heavy atom. The number of hydrogen-bond acceptors (Lipinski definition) is 6. The Hall–Kier alpha value is -2.64. The Labute approximate surface area is 173 Å². The van der Waals surface area contributed by atoms with E-state index in [4.69, 9.17) is 9.47 Å². The van der Waals surface area contributed by atoms with Gasteiger partial charge in [-0.2, -0.15) is 0 Å². The molecule has 0 bridgehead atoms. The average molecular weight is 413 g/mol. The number of nitrogens with zero attached hydrogens (tertiary/aromatic N) is 2. The summed E-state index contributed by atoms with van der Waals surface area (Å²) in [5.41, 5.74) is 1.09. The largest absolute Gasteiger partial charge is 0.494 e. The topological polar surface area (TPSA) is 70.4 Å². The van der Waals surface area contributed by atoms with Crippen molar-refractivity contribution in [3.05, 3.63) is 64.4 Å². The second kappa shape index (κ2) is 9.71.